The van der Waals surface area contributed by atoms with Gasteiger partial charge in [0.05, 0.1) is 0 Å². The Morgan fingerprint density at radius 2 is 1.55 bits per heavy atom. The minimum Gasteiger partial charge on any atom is -0.481 e. The van der Waals surface area contributed by atoms with Gasteiger partial charge in [-0.15, -0.1) is 0 Å². The number of rotatable bonds is 7. The molecule has 0 atom stereocenters. The van der Waals surface area contributed by atoms with E-state index in [2.05, 4.69) is 0 Å². The molecule has 0 saturated carbocycles. The van der Waals surface area contributed by atoms with Gasteiger partial charge in [0.25, 0.3) is 0 Å². The fourth-order valence-corrected chi connectivity index (χ4v) is 2.09. The average Bonchev–Trinajstić information content (AvgIpc) is 2.52. The Morgan fingerprint density at radius 3 is 2.27 bits per heavy atom. The van der Waals surface area contributed by atoms with Crippen molar-refractivity contribution in [3.05, 3.63) is 65.7 Å². The lowest BCUT2D eigenvalue weighted by molar-refractivity contribution is -0.137. The predicted molar refractivity (Wildman–Crippen MR) is 82.8 cm³/mol. The number of hydrogen-bond donors (Lipinski definition) is 1. The predicted octanol–water partition coefficient (Wildman–Crippen LogP) is 3.24. The van der Waals surface area contributed by atoms with Crippen LogP contribution in [0.5, 0.6) is 5.75 Å². The smallest absolute Gasteiger partial charge is 0.311 e. The molecule has 4 nitrogen and oxygen atoms in total. The number of benzene rings is 2. The standard InChI is InChI=1S/C18H18O4/c19-17(20)11-9-15-7-4-8-16(13-15)22-18(21)12-10-14-5-2-1-3-6-14/h1-8,13H,9-12H2,(H,19,20). The number of aryl methyl sites for hydroxylation is 2. The summed E-state index contributed by atoms with van der Waals surface area (Å²) in [6.45, 7) is 0. The van der Waals surface area contributed by atoms with Crippen LogP contribution in [0.1, 0.15) is 24.0 Å². The molecule has 0 aliphatic carbocycles. The van der Waals surface area contributed by atoms with Crippen LogP contribution < -0.4 is 4.74 Å². The molecule has 2 rings (SSSR count). The molecule has 0 bridgehead atoms. The lowest BCUT2D eigenvalue weighted by Crippen LogP contribution is -2.09. The van der Waals surface area contributed by atoms with Gasteiger partial charge in [0.15, 0.2) is 0 Å². The molecule has 0 aliphatic heterocycles. The molecule has 1 N–H and O–H groups in total. The van der Waals surface area contributed by atoms with Crippen molar-refractivity contribution in [3.8, 4) is 5.75 Å². The van der Waals surface area contributed by atoms with Crippen LogP contribution in [0.25, 0.3) is 0 Å². The number of esters is 1. The molecule has 2 aromatic rings. The third-order valence-electron chi connectivity index (χ3n) is 3.22. The zero-order valence-electron chi connectivity index (χ0n) is 12.2. The molecule has 0 unspecified atom stereocenters. The van der Waals surface area contributed by atoms with Crippen molar-refractivity contribution < 1.29 is 19.4 Å². The molecular weight excluding hydrogens is 280 g/mol. The second-order valence-corrected chi connectivity index (χ2v) is 5.00. The van der Waals surface area contributed by atoms with Gasteiger partial charge in [-0.05, 0) is 36.1 Å². The number of aliphatic carboxylic acids is 1. The molecule has 22 heavy (non-hydrogen) atoms. The molecule has 0 heterocycles. The monoisotopic (exact) mass is 298 g/mol. The van der Waals surface area contributed by atoms with E-state index in [0.717, 1.165) is 11.1 Å². The maximum atomic E-state index is 11.8. The fourth-order valence-electron chi connectivity index (χ4n) is 2.09. The first-order valence-electron chi connectivity index (χ1n) is 7.19. The molecule has 0 amide bonds. The zero-order valence-corrected chi connectivity index (χ0v) is 12.2. The largest absolute Gasteiger partial charge is 0.481 e. The molecule has 0 fully saturated rings. The van der Waals surface area contributed by atoms with E-state index in [0.29, 0.717) is 25.0 Å². The molecule has 0 aliphatic rings. The van der Waals surface area contributed by atoms with Crippen LogP contribution in [0.3, 0.4) is 0 Å². The van der Waals surface area contributed by atoms with Crippen molar-refractivity contribution in [1.82, 2.24) is 0 Å². The summed E-state index contributed by atoms with van der Waals surface area (Å²) in [5.41, 5.74) is 1.94. The van der Waals surface area contributed by atoms with E-state index >= 15 is 0 Å². The summed E-state index contributed by atoms with van der Waals surface area (Å²) < 4.78 is 5.30. The Morgan fingerprint density at radius 1 is 0.864 bits per heavy atom. The Balaban J connectivity index is 1.85. The van der Waals surface area contributed by atoms with E-state index in [1.807, 2.05) is 36.4 Å². The molecular formula is C18H18O4. The highest BCUT2D eigenvalue weighted by molar-refractivity contribution is 5.72. The third kappa shape index (κ3) is 5.40. The summed E-state index contributed by atoms with van der Waals surface area (Å²) in [7, 11) is 0. The second-order valence-electron chi connectivity index (χ2n) is 5.00. The average molecular weight is 298 g/mol. The lowest BCUT2D eigenvalue weighted by Gasteiger charge is -2.06. The van der Waals surface area contributed by atoms with Crippen LogP contribution >= 0.6 is 0 Å². The van der Waals surface area contributed by atoms with Gasteiger partial charge < -0.3 is 9.84 Å². The van der Waals surface area contributed by atoms with Crippen molar-refractivity contribution in [2.75, 3.05) is 0 Å². The molecule has 0 radical (unpaired) electrons. The topological polar surface area (TPSA) is 63.6 Å². The quantitative estimate of drug-likeness (QED) is 0.629. The van der Waals surface area contributed by atoms with Gasteiger partial charge in [-0.1, -0.05) is 42.5 Å². The van der Waals surface area contributed by atoms with E-state index in [-0.39, 0.29) is 12.4 Å². The van der Waals surface area contributed by atoms with Gasteiger partial charge in [-0.25, -0.2) is 0 Å². The Labute approximate surface area is 129 Å². The minimum atomic E-state index is -0.842. The normalized spacial score (nSPS) is 10.2. The molecule has 0 saturated heterocycles. The summed E-state index contributed by atoms with van der Waals surface area (Å²) in [6, 6.07) is 16.7. The van der Waals surface area contributed by atoms with Crippen molar-refractivity contribution >= 4 is 11.9 Å². The summed E-state index contributed by atoms with van der Waals surface area (Å²) in [4.78, 5) is 22.4. The highest BCUT2D eigenvalue weighted by Crippen LogP contribution is 2.16. The summed E-state index contributed by atoms with van der Waals surface area (Å²) in [6.07, 6.45) is 1.43. The maximum absolute atomic E-state index is 11.8. The minimum absolute atomic E-state index is 0.0609. The van der Waals surface area contributed by atoms with Crippen molar-refractivity contribution in [1.29, 1.82) is 0 Å². The SMILES string of the molecule is O=C(O)CCc1cccc(OC(=O)CCc2ccccc2)c1. The summed E-state index contributed by atoms with van der Waals surface area (Å²) in [5, 5.41) is 8.68. The summed E-state index contributed by atoms with van der Waals surface area (Å²) >= 11 is 0. The number of carbonyl (C=O) groups excluding carboxylic acids is 1. The first kappa shape index (κ1) is 15.8. The zero-order chi connectivity index (χ0) is 15.8. The van der Waals surface area contributed by atoms with Crippen LogP contribution in [-0.2, 0) is 22.4 Å². The Hall–Kier alpha value is -2.62. The van der Waals surface area contributed by atoms with Crippen LogP contribution in [0, 0.1) is 0 Å². The molecule has 114 valence electrons. The van der Waals surface area contributed by atoms with Crippen molar-refractivity contribution in [2.45, 2.75) is 25.7 Å². The highest BCUT2D eigenvalue weighted by atomic mass is 16.5. The van der Waals surface area contributed by atoms with E-state index in [9.17, 15) is 9.59 Å². The number of ether oxygens (including phenoxy) is 1. The van der Waals surface area contributed by atoms with Gasteiger partial charge in [0.2, 0.25) is 0 Å². The van der Waals surface area contributed by atoms with Gasteiger partial charge in [0, 0.05) is 12.8 Å². The lowest BCUT2D eigenvalue weighted by atomic mass is 10.1. The van der Waals surface area contributed by atoms with Crippen molar-refractivity contribution in [2.24, 2.45) is 0 Å². The number of hydrogen-bond acceptors (Lipinski definition) is 3. The first-order chi connectivity index (χ1) is 10.6. The highest BCUT2D eigenvalue weighted by Gasteiger charge is 2.07. The van der Waals surface area contributed by atoms with Crippen molar-refractivity contribution in [3.63, 3.8) is 0 Å². The number of carbonyl (C=O) groups is 2. The Kier molecular flexibility index (Phi) is 5.72. The van der Waals surface area contributed by atoms with E-state index < -0.39 is 5.97 Å². The maximum Gasteiger partial charge on any atom is 0.311 e. The first-order valence-corrected chi connectivity index (χ1v) is 7.19. The molecule has 0 spiro atoms. The summed E-state index contributed by atoms with van der Waals surface area (Å²) in [5.74, 6) is -0.676. The van der Waals surface area contributed by atoms with Gasteiger partial charge in [0.1, 0.15) is 5.75 Å². The van der Waals surface area contributed by atoms with Crippen LogP contribution in [-0.4, -0.2) is 17.0 Å². The van der Waals surface area contributed by atoms with E-state index in [4.69, 9.17) is 9.84 Å². The number of carboxylic acids is 1. The van der Waals surface area contributed by atoms with Crippen LogP contribution in [0.15, 0.2) is 54.6 Å². The second kappa shape index (κ2) is 7.98. The molecule has 4 heteroatoms. The third-order valence-corrected chi connectivity index (χ3v) is 3.22. The van der Waals surface area contributed by atoms with Gasteiger partial charge in [-0.3, -0.25) is 9.59 Å². The molecule has 2 aromatic carbocycles. The van der Waals surface area contributed by atoms with Crippen LogP contribution in [0.4, 0.5) is 0 Å². The van der Waals surface area contributed by atoms with Crippen LogP contribution in [0.2, 0.25) is 0 Å². The fraction of sp³-hybridized carbons (Fsp3) is 0.222. The van der Waals surface area contributed by atoms with Gasteiger partial charge >= 0.3 is 11.9 Å². The van der Waals surface area contributed by atoms with E-state index in [1.54, 1.807) is 18.2 Å². The Bertz CT molecular complexity index is 635. The number of carboxylic acid groups (broad SMARTS) is 1. The van der Waals surface area contributed by atoms with E-state index in [1.165, 1.54) is 0 Å². The molecule has 0 aromatic heterocycles. The van der Waals surface area contributed by atoms with Gasteiger partial charge in [-0.2, -0.15) is 0 Å².